The Morgan fingerprint density at radius 3 is 2.17 bits per heavy atom. The molecule has 2 aromatic rings. The molecule has 0 aliphatic carbocycles. The van der Waals surface area contributed by atoms with E-state index in [1.807, 2.05) is 24.4 Å². The van der Waals surface area contributed by atoms with Crippen molar-refractivity contribution in [3.05, 3.63) is 59.4 Å². The maximum atomic E-state index is 11.6. The van der Waals surface area contributed by atoms with Crippen LogP contribution in [0.5, 0.6) is 0 Å². The van der Waals surface area contributed by atoms with Gasteiger partial charge in [0.2, 0.25) is 0 Å². The lowest BCUT2D eigenvalue weighted by molar-refractivity contribution is 0.366. The number of hydrogen-bond donors (Lipinski definition) is 1. The van der Waals surface area contributed by atoms with Crippen molar-refractivity contribution in [2.75, 3.05) is 6.26 Å². The molecule has 0 aliphatic heterocycles. The third kappa shape index (κ3) is 4.42. The number of benzene rings is 1. The molecular weight excluding hydrogens is 320 g/mol. The average molecular weight is 346 g/mol. The van der Waals surface area contributed by atoms with Crippen molar-refractivity contribution in [2.24, 2.45) is 5.92 Å². The van der Waals surface area contributed by atoms with Gasteiger partial charge < -0.3 is 5.32 Å². The maximum Gasteiger partial charge on any atom is 0.175 e. The SMILES string of the molecule is Cc1cccnc1[C@H](N[C@@H](C)c1ccc(S(C)(=O)=O)cc1)C(C)C. The maximum absolute atomic E-state index is 11.6. The molecule has 0 saturated carbocycles. The molecule has 1 heterocycles. The first kappa shape index (κ1) is 18.6. The van der Waals surface area contributed by atoms with Gasteiger partial charge in [0.15, 0.2) is 9.84 Å². The van der Waals surface area contributed by atoms with Crippen LogP contribution in [0.1, 0.15) is 49.7 Å². The van der Waals surface area contributed by atoms with Crippen molar-refractivity contribution in [2.45, 2.75) is 44.7 Å². The Labute approximate surface area is 145 Å². The van der Waals surface area contributed by atoms with E-state index in [1.54, 1.807) is 12.1 Å². The van der Waals surface area contributed by atoms with Gasteiger partial charge in [-0.2, -0.15) is 0 Å². The lowest BCUT2D eigenvalue weighted by atomic mass is 9.95. The van der Waals surface area contributed by atoms with E-state index in [1.165, 1.54) is 11.8 Å². The highest BCUT2D eigenvalue weighted by atomic mass is 32.2. The largest absolute Gasteiger partial charge is 0.302 e. The fraction of sp³-hybridized carbons (Fsp3) is 0.421. The predicted molar refractivity (Wildman–Crippen MR) is 97.7 cm³/mol. The first-order valence-corrected chi connectivity index (χ1v) is 10.1. The Hall–Kier alpha value is -1.72. The fourth-order valence-corrected chi connectivity index (χ4v) is 3.41. The lowest BCUT2D eigenvalue weighted by Gasteiger charge is -2.27. The zero-order valence-electron chi connectivity index (χ0n) is 14.9. The van der Waals surface area contributed by atoms with Crippen molar-refractivity contribution in [1.82, 2.24) is 10.3 Å². The molecule has 4 nitrogen and oxygen atoms in total. The summed E-state index contributed by atoms with van der Waals surface area (Å²) in [5.74, 6) is 0.386. The van der Waals surface area contributed by atoms with E-state index < -0.39 is 9.84 Å². The van der Waals surface area contributed by atoms with Crippen LogP contribution in [-0.2, 0) is 9.84 Å². The number of pyridine rings is 1. The zero-order chi connectivity index (χ0) is 17.9. The Morgan fingerprint density at radius 2 is 1.67 bits per heavy atom. The molecule has 0 saturated heterocycles. The fourth-order valence-electron chi connectivity index (χ4n) is 2.78. The van der Waals surface area contributed by atoms with Gasteiger partial charge in [0, 0.05) is 18.5 Å². The van der Waals surface area contributed by atoms with Crippen LogP contribution in [0.25, 0.3) is 0 Å². The van der Waals surface area contributed by atoms with Gasteiger partial charge in [0.1, 0.15) is 0 Å². The molecule has 1 aromatic heterocycles. The van der Waals surface area contributed by atoms with Crippen molar-refractivity contribution >= 4 is 9.84 Å². The number of sulfone groups is 1. The highest BCUT2D eigenvalue weighted by Crippen LogP contribution is 2.27. The zero-order valence-corrected chi connectivity index (χ0v) is 15.8. The molecule has 0 aliphatic rings. The third-order valence-electron chi connectivity index (χ3n) is 4.25. The van der Waals surface area contributed by atoms with Crippen LogP contribution in [0.3, 0.4) is 0 Å². The minimum atomic E-state index is -3.16. The van der Waals surface area contributed by atoms with Gasteiger partial charge in [-0.05, 0) is 49.1 Å². The van der Waals surface area contributed by atoms with Gasteiger partial charge in [0.05, 0.1) is 16.6 Å². The molecule has 2 rings (SSSR count). The molecule has 2 atom stereocenters. The number of nitrogens with zero attached hydrogens (tertiary/aromatic N) is 1. The highest BCUT2D eigenvalue weighted by Gasteiger charge is 2.21. The first-order chi connectivity index (χ1) is 11.2. The smallest absolute Gasteiger partial charge is 0.175 e. The molecule has 1 aromatic carbocycles. The standard InChI is InChI=1S/C19H26N2O2S/c1-13(2)18(19-14(3)7-6-12-20-19)21-15(4)16-8-10-17(11-9-16)24(5,22)23/h6-13,15,18,21H,1-5H3/t15-,18+/m0/s1. The summed E-state index contributed by atoms with van der Waals surface area (Å²) >= 11 is 0. The minimum Gasteiger partial charge on any atom is -0.302 e. The van der Waals surface area contributed by atoms with E-state index >= 15 is 0 Å². The second kappa shape index (κ2) is 7.45. The van der Waals surface area contributed by atoms with Crippen LogP contribution in [0.15, 0.2) is 47.5 Å². The van der Waals surface area contributed by atoms with Crippen LogP contribution >= 0.6 is 0 Å². The van der Waals surface area contributed by atoms with E-state index in [-0.39, 0.29) is 12.1 Å². The topological polar surface area (TPSA) is 59.1 Å². The van der Waals surface area contributed by atoms with Crippen LogP contribution in [0.4, 0.5) is 0 Å². The number of rotatable bonds is 6. The van der Waals surface area contributed by atoms with Crippen molar-refractivity contribution in [3.8, 4) is 0 Å². The second-order valence-electron chi connectivity index (χ2n) is 6.66. The van der Waals surface area contributed by atoms with Gasteiger partial charge in [-0.1, -0.05) is 32.0 Å². The predicted octanol–water partition coefficient (Wildman–Crippen LogP) is 3.84. The summed E-state index contributed by atoms with van der Waals surface area (Å²) in [7, 11) is -3.16. The Kier molecular flexibility index (Phi) is 5.78. The Morgan fingerprint density at radius 1 is 1.04 bits per heavy atom. The Balaban J connectivity index is 2.22. The highest BCUT2D eigenvalue weighted by molar-refractivity contribution is 7.90. The van der Waals surface area contributed by atoms with E-state index in [4.69, 9.17) is 0 Å². The molecule has 0 spiro atoms. The quantitative estimate of drug-likeness (QED) is 0.863. The molecule has 0 amide bonds. The van der Waals surface area contributed by atoms with Crippen LogP contribution in [0.2, 0.25) is 0 Å². The molecule has 0 bridgehead atoms. The monoisotopic (exact) mass is 346 g/mol. The van der Waals surface area contributed by atoms with Gasteiger partial charge in [-0.25, -0.2) is 8.42 Å². The van der Waals surface area contributed by atoms with E-state index in [0.717, 1.165) is 11.3 Å². The normalized spacial score (nSPS) is 14.6. The molecule has 5 heteroatoms. The number of nitrogens with one attached hydrogen (secondary N) is 1. The van der Waals surface area contributed by atoms with Crippen LogP contribution < -0.4 is 5.32 Å². The molecule has 0 fully saturated rings. The number of hydrogen-bond acceptors (Lipinski definition) is 4. The summed E-state index contributed by atoms with van der Waals surface area (Å²) in [5.41, 5.74) is 3.29. The van der Waals surface area contributed by atoms with E-state index in [2.05, 4.69) is 44.1 Å². The van der Waals surface area contributed by atoms with Gasteiger partial charge in [-0.3, -0.25) is 4.98 Å². The minimum absolute atomic E-state index is 0.0902. The molecule has 24 heavy (non-hydrogen) atoms. The summed E-state index contributed by atoms with van der Waals surface area (Å²) in [6, 6.07) is 11.3. The van der Waals surface area contributed by atoms with E-state index in [9.17, 15) is 8.42 Å². The van der Waals surface area contributed by atoms with Crippen LogP contribution in [0, 0.1) is 12.8 Å². The molecule has 0 unspecified atom stereocenters. The van der Waals surface area contributed by atoms with Crippen molar-refractivity contribution in [1.29, 1.82) is 0 Å². The molecule has 130 valence electrons. The Bertz CT molecular complexity index is 783. The number of aromatic nitrogens is 1. The first-order valence-electron chi connectivity index (χ1n) is 8.17. The second-order valence-corrected chi connectivity index (χ2v) is 8.67. The van der Waals surface area contributed by atoms with Crippen molar-refractivity contribution < 1.29 is 8.42 Å². The van der Waals surface area contributed by atoms with Gasteiger partial charge in [-0.15, -0.1) is 0 Å². The third-order valence-corrected chi connectivity index (χ3v) is 5.38. The van der Waals surface area contributed by atoms with Gasteiger partial charge >= 0.3 is 0 Å². The molecule has 1 N–H and O–H groups in total. The van der Waals surface area contributed by atoms with E-state index in [0.29, 0.717) is 10.8 Å². The summed E-state index contributed by atoms with van der Waals surface area (Å²) in [4.78, 5) is 4.90. The van der Waals surface area contributed by atoms with Crippen LogP contribution in [-0.4, -0.2) is 19.7 Å². The summed E-state index contributed by atoms with van der Waals surface area (Å²) in [5, 5.41) is 3.64. The van der Waals surface area contributed by atoms with Gasteiger partial charge in [0.25, 0.3) is 0 Å². The molecular formula is C19H26N2O2S. The lowest BCUT2D eigenvalue weighted by Crippen LogP contribution is -2.29. The summed E-state index contributed by atoms with van der Waals surface area (Å²) in [6.07, 6.45) is 3.05. The average Bonchev–Trinajstić information content (AvgIpc) is 2.52. The summed E-state index contributed by atoms with van der Waals surface area (Å²) < 4.78 is 23.2. The summed E-state index contributed by atoms with van der Waals surface area (Å²) in [6.45, 7) is 8.50. The number of aryl methyl sites for hydroxylation is 1. The van der Waals surface area contributed by atoms with Crippen molar-refractivity contribution in [3.63, 3.8) is 0 Å². The molecule has 0 radical (unpaired) electrons.